The van der Waals surface area contributed by atoms with Gasteiger partial charge in [-0.05, 0) is 62.6 Å². The molecule has 5 heteroatoms. The summed E-state index contributed by atoms with van der Waals surface area (Å²) in [7, 11) is 0. The van der Waals surface area contributed by atoms with Crippen LogP contribution in [0.3, 0.4) is 0 Å². The standard InChI is InChI=1S/C16H22FNO2S/c1-16(2,21-11-12-7-9-20-10-8-12)15(19)18-14-5-3-13(17)4-6-14/h3-6,12H,7-11H2,1-2H3,(H,18,19). The molecule has 3 nitrogen and oxygen atoms in total. The molecule has 1 fully saturated rings. The van der Waals surface area contributed by atoms with Crippen LogP contribution in [0.4, 0.5) is 10.1 Å². The van der Waals surface area contributed by atoms with Crippen molar-refractivity contribution in [3.05, 3.63) is 30.1 Å². The first-order valence-electron chi connectivity index (χ1n) is 7.26. The van der Waals surface area contributed by atoms with Gasteiger partial charge in [-0.2, -0.15) is 0 Å². The Balaban J connectivity index is 1.85. The van der Waals surface area contributed by atoms with Crippen LogP contribution in [0.1, 0.15) is 26.7 Å². The lowest BCUT2D eigenvalue weighted by Gasteiger charge is -2.27. The summed E-state index contributed by atoms with van der Waals surface area (Å²) in [6, 6.07) is 5.84. The van der Waals surface area contributed by atoms with Crippen molar-refractivity contribution < 1.29 is 13.9 Å². The third-order valence-corrected chi connectivity index (χ3v) is 5.21. The lowest BCUT2D eigenvalue weighted by atomic mass is 10.0. The molecule has 0 bridgehead atoms. The van der Waals surface area contributed by atoms with Gasteiger partial charge in [0.2, 0.25) is 5.91 Å². The van der Waals surface area contributed by atoms with Crippen LogP contribution in [-0.2, 0) is 9.53 Å². The van der Waals surface area contributed by atoms with E-state index < -0.39 is 4.75 Å². The molecule has 1 aliphatic rings. The van der Waals surface area contributed by atoms with Crippen LogP contribution in [0.15, 0.2) is 24.3 Å². The zero-order chi connectivity index (χ0) is 15.3. The zero-order valence-electron chi connectivity index (χ0n) is 12.5. The Labute approximate surface area is 129 Å². The fourth-order valence-electron chi connectivity index (χ4n) is 2.12. The first-order chi connectivity index (χ1) is 9.97. The third-order valence-electron chi connectivity index (χ3n) is 3.67. The number of benzene rings is 1. The number of carbonyl (C=O) groups excluding carboxylic acids is 1. The van der Waals surface area contributed by atoms with E-state index in [1.165, 1.54) is 12.1 Å². The quantitative estimate of drug-likeness (QED) is 0.901. The summed E-state index contributed by atoms with van der Waals surface area (Å²) < 4.78 is 17.7. The average molecular weight is 311 g/mol. The molecular formula is C16H22FNO2S. The zero-order valence-corrected chi connectivity index (χ0v) is 13.3. The maximum absolute atomic E-state index is 12.9. The van der Waals surface area contributed by atoms with Crippen LogP contribution in [0.2, 0.25) is 0 Å². The lowest BCUT2D eigenvalue weighted by molar-refractivity contribution is -0.117. The highest BCUT2D eigenvalue weighted by Gasteiger charge is 2.29. The number of anilines is 1. The Morgan fingerprint density at radius 2 is 1.95 bits per heavy atom. The van der Waals surface area contributed by atoms with E-state index in [-0.39, 0.29) is 11.7 Å². The molecule has 0 aliphatic carbocycles. The number of amides is 1. The van der Waals surface area contributed by atoms with Crippen LogP contribution < -0.4 is 5.32 Å². The molecule has 1 N–H and O–H groups in total. The van der Waals surface area contributed by atoms with Crippen LogP contribution >= 0.6 is 11.8 Å². The van der Waals surface area contributed by atoms with E-state index in [4.69, 9.17) is 4.74 Å². The summed E-state index contributed by atoms with van der Waals surface area (Å²) in [5.41, 5.74) is 0.626. The molecule has 0 saturated carbocycles. The highest BCUT2D eigenvalue weighted by atomic mass is 32.2. The highest BCUT2D eigenvalue weighted by molar-refractivity contribution is 8.01. The van der Waals surface area contributed by atoms with Gasteiger partial charge >= 0.3 is 0 Å². The molecule has 21 heavy (non-hydrogen) atoms. The van der Waals surface area contributed by atoms with Gasteiger partial charge in [-0.15, -0.1) is 11.8 Å². The Hall–Kier alpha value is -1.07. The number of hydrogen-bond acceptors (Lipinski definition) is 3. The molecular weight excluding hydrogens is 289 g/mol. The van der Waals surface area contributed by atoms with Gasteiger partial charge in [0.15, 0.2) is 0 Å². The number of ether oxygens (including phenoxy) is 1. The van der Waals surface area contributed by atoms with E-state index in [0.717, 1.165) is 31.8 Å². The van der Waals surface area contributed by atoms with Crippen molar-refractivity contribution in [3.8, 4) is 0 Å². The summed E-state index contributed by atoms with van der Waals surface area (Å²) in [5.74, 6) is 1.24. The lowest BCUT2D eigenvalue weighted by Crippen LogP contribution is -2.35. The SMILES string of the molecule is CC(C)(SCC1CCOCC1)C(=O)Nc1ccc(F)cc1. The number of carbonyl (C=O) groups is 1. The monoisotopic (exact) mass is 311 g/mol. The second-order valence-corrected chi connectivity index (χ2v) is 7.48. The molecule has 1 aromatic carbocycles. The van der Waals surface area contributed by atoms with Crippen molar-refractivity contribution in [1.29, 1.82) is 0 Å². The van der Waals surface area contributed by atoms with E-state index >= 15 is 0 Å². The van der Waals surface area contributed by atoms with Crippen LogP contribution in [0.5, 0.6) is 0 Å². The first-order valence-corrected chi connectivity index (χ1v) is 8.24. The van der Waals surface area contributed by atoms with Crippen molar-refractivity contribution in [2.24, 2.45) is 5.92 Å². The van der Waals surface area contributed by atoms with Gasteiger partial charge in [-0.1, -0.05) is 0 Å². The van der Waals surface area contributed by atoms with E-state index in [9.17, 15) is 9.18 Å². The van der Waals surface area contributed by atoms with E-state index in [1.54, 1.807) is 23.9 Å². The molecule has 1 amide bonds. The van der Waals surface area contributed by atoms with Crippen molar-refractivity contribution in [2.75, 3.05) is 24.3 Å². The number of nitrogens with one attached hydrogen (secondary N) is 1. The maximum atomic E-state index is 12.9. The van der Waals surface area contributed by atoms with Gasteiger partial charge in [0.1, 0.15) is 5.82 Å². The Kier molecular flexibility index (Phi) is 5.65. The topological polar surface area (TPSA) is 38.3 Å². The molecule has 1 aliphatic heterocycles. The van der Waals surface area contributed by atoms with Crippen LogP contribution in [-0.4, -0.2) is 29.6 Å². The van der Waals surface area contributed by atoms with Crippen molar-refractivity contribution >= 4 is 23.4 Å². The van der Waals surface area contributed by atoms with Crippen LogP contribution in [0, 0.1) is 11.7 Å². The predicted octanol–water partition coefficient (Wildman–Crippen LogP) is 3.70. The maximum Gasteiger partial charge on any atom is 0.240 e. The van der Waals surface area contributed by atoms with Gasteiger partial charge in [0.25, 0.3) is 0 Å². The Morgan fingerprint density at radius 1 is 1.33 bits per heavy atom. The molecule has 0 spiro atoms. The minimum absolute atomic E-state index is 0.0498. The van der Waals surface area contributed by atoms with Gasteiger partial charge in [0, 0.05) is 18.9 Å². The smallest absolute Gasteiger partial charge is 0.240 e. The summed E-state index contributed by atoms with van der Waals surface area (Å²) in [5, 5.41) is 2.85. The average Bonchev–Trinajstić information content (AvgIpc) is 2.48. The highest BCUT2D eigenvalue weighted by Crippen LogP contribution is 2.31. The Morgan fingerprint density at radius 3 is 2.57 bits per heavy atom. The third kappa shape index (κ3) is 5.00. The summed E-state index contributed by atoms with van der Waals surface area (Å²) >= 11 is 1.67. The molecule has 0 atom stereocenters. The van der Waals surface area contributed by atoms with Gasteiger partial charge < -0.3 is 10.1 Å². The number of rotatable bonds is 5. The fraction of sp³-hybridized carbons (Fsp3) is 0.562. The molecule has 116 valence electrons. The molecule has 1 heterocycles. The predicted molar refractivity (Wildman–Crippen MR) is 85.1 cm³/mol. The van der Waals surface area contributed by atoms with Gasteiger partial charge in [-0.3, -0.25) is 4.79 Å². The minimum atomic E-state index is -0.507. The summed E-state index contributed by atoms with van der Waals surface area (Å²) in [6.45, 7) is 5.51. The van der Waals surface area contributed by atoms with Gasteiger partial charge in [0.05, 0.1) is 4.75 Å². The molecule has 2 rings (SSSR count). The molecule has 0 radical (unpaired) electrons. The minimum Gasteiger partial charge on any atom is -0.381 e. The van der Waals surface area contributed by atoms with Crippen molar-refractivity contribution in [2.45, 2.75) is 31.4 Å². The largest absolute Gasteiger partial charge is 0.381 e. The van der Waals surface area contributed by atoms with Crippen molar-refractivity contribution in [3.63, 3.8) is 0 Å². The normalized spacial score (nSPS) is 16.7. The summed E-state index contributed by atoms with van der Waals surface area (Å²) in [4.78, 5) is 12.3. The van der Waals surface area contributed by atoms with E-state index in [2.05, 4.69) is 5.32 Å². The number of halogens is 1. The van der Waals surface area contributed by atoms with Crippen molar-refractivity contribution in [1.82, 2.24) is 0 Å². The molecule has 1 saturated heterocycles. The summed E-state index contributed by atoms with van der Waals surface area (Å²) in [6.07, 6.45) is 2.14. The molecule has 0 unspecified atom stereocenters. The molecule has 1 aromatic rings. The van der Waals surface area contributed by atoms with Crippen LogP contribution in [0.25, 0.3) is 0 Å². The molecule has 0 aromatic heterocycles. The Bertz CT molecular complexity index is 470. The van der Waals surface area contributed by atoms with E-state index in [1.807, 2.05) is 13.8 Å². The fourth-order valence-corrected chi connectivity index (χ4v) is 3.29. The van der Waals surface area contributed by atoms with E-state index in [0.29, 0.717) is 11.6 Å². The number of hydrogen-bond donors (Lipinski definition) is 1. The first kappa shape index (κ1) is 16.3. The second kappa shape index (κ2) is 7.27. The van der Waals surface area contributed by atoms with Gasteiger partial charge in [-0.25, -0.2) is 4.39 Å². The number of thioether (sulfide) groups is 1. The second-order valence-electron chi connectivity index (χ2n) is 5.84.